The third-order valence-electron chi connectivity index (χ3n) is 3.03. The fourth-order valence-corrected chi connectivity index (χ4v) is 1.95. The SMILES string of the molecule is CCOC(=O)[C@@H](NCC(=O)N(C)CC(F)(F)F)c1cccc(O)c1. The lowest BCUT2D eigenvalue weighted by Gasteiger charge is -2.22. The van der Waals surface area contributed by atoms with Crippen molar-refractivity contribution < 1.29 is 32.6 Å². The number of rotatable bonds is 7. The van der Waals surface area contributed by atoms with Crippen LogP contribution in [0.15, 0.2) is 24.3 Å². The minimum absolute atomic E-state index is 0.0934. The van der Waals surface area contributed by atoms with Crippen LogP contribution in [0.1, 0.15) is 18.5 Å². The molecule has 0 saturated heterocycles. The molecule has 0 heterocycles. The topological polar surface area (TPSA) is 78.9 Å². The number of hydrogen-bond acceptors (Lipinski definition) is 5. The van der Waals surface area contributed by atoms with Crippen LogP contribution in [0.4, 0.5) is 13.2 Å². The Kier molecular flexibility index (Phi) is 7.02. The summed E-state index contributed by atoms with van der Waals surface area (Å²) < 4.78 is 41.7. The number of nitrogens with one attached hydrogen (secondary N) is 1. The van der Waals surface area contributed by atoms with Gasteiger partial charge in [0.2, 0.25) is 5.91 Å². The summed E-state index contributed by atoms with van der Waals surface area (Å²) in [7, 11) is 1.02. The third-order valence-corrected chi connectivity index (χ3v) is 3.03. The van der Waals surface area contributed by atoms with Gasteiger partial charge in [-0.3, -0.25) is 10.1 Å². The summed E-state index contributed by atoms with van der Waals surface area (Å²) in [4.78, 5) is 24.3. The predicted octanol–water partition coefficient (Wildman–Crippen LogP) is 1.61. The molecule has 0 unspecified atom stereocenters. The van der Waals surface area contributed by atoms with Gasteiger partial charge in [-0.2, -0.15) is 13.2 Å². The van der Waals surface area contributed by atoms with Crippen LogP contribution in [-0.2, 0) is 14.3 Å². The van der Waals surface area contributed by atoms with E-state index in [1.54, 1.807) is 6.92 Å². The Bertz CT molecular complexity index is 578. The number of amides is 1. The summed E-state index contributed by atoms with van der Waals surface area (Å²) in [5.41, 5.74) is 0.333. The van der Waals surface area contributed by atoms with Gasteiger partial charge in [-0.25, -0.2) is 4.79 Å². The number of likely N-dealkylation sites (N-methyl/N-ethyl adjacent to an activating group) is 1. The number of aromatic hydroxyl groups is 1. The first-order valence-electron chi connectivity index (χ1n) is 7.13. The van der Waals surface area contributed by atoms with Gasteiger partial charge in [0.25, 0.3) is 0 Å². The highest BCUT2D eigenvalue weighted by atomic mass is 19.4. The van der Waals surface area contributed by atoms with Crippen molar-refractivity contribution in [3.05, 3.63) is 29.8 Å². The Balaban J connectivity index is 2.79. The first kappa shape index (κ1) is 19.8. The lowest BCUT2D eigenvalue weighted by molar-refractivity contribution is -0.158. The van der Waals surface area contributed by atoms with Crippen LogP contribution >= 0.6 is 0 Å². The standard InChI is InChI=1S/C15H19F3N2O4/c1-3-24-14(23)13(10-5-4-6-11(21)7-10)19-8-12(22)20(2)9-15(16,17)18/h4-7,13,19,21H,3,8-9H2,1-2H3/t13-/m0/s1. The Morgan fingerprint density at radius 1 is 1.38 bits per heavy atom. The molecular weight excluding hydrogens is 329 g/mol. The van der Waals surface area contributed by atoms with Gasteiger partial charge in [0.1, 0.15) is 18.3 Å². The number of esters is 1. The number of carbonyl (C=O) groups is 2. The molecule has 1 atom stereocenters. The first-order valence-corrected chi connectivity index (χ1v) is 7.13. The van der Waals surface area contributed by atoms with E-state index in [-0.39, 0.29) is 12.4 Å². The molecule has 24 heavy (non-hydrogen) atoms. The van der Waals surface area contributed by atoms with E-state index in [4.69, 9.17) is 4.74 Å². The molecule has 0 aromatic heterocycles. The zero-order chi connectivity index (χ0) is 18.3. The number of nitrogens with zero attached hydrogens (tertiary/aromatic N) is 1. The largest absolute Gasteiger partial charge is 0.508 e. The minimum Gasteiger partial charge on any atom is -0.508 e. The molecule has 134 valence electrons. The Labute approximate surface area is 137 Å². The molecule has 0 spiro atoms. The molecule has 1 amide bonds. The Morgan fingerprint density at radius 3 is 2.58 bits per heavy atom. The summed E-state index contributed by atoms with van der Waals surface area (Å²) in [6, 6.07) is 4.64. The summed E-state index contributed by atoms with van der Waals surface area (Å²) >= 11 is 0. The zero-order valence-corrected chi connectivity index (χ0v) is 13.3. The van der Waals surface area contributed by atoms with Crippen molar-refractivity contribution in [3.63, 3.8) is 0 Å². The van der Waals surface area contributed by atoms with Crippen molar-refractivity contribution >= 4 is 11.9 Å². The Morgan fingerprint density at radius 2 is 2.04 bits per heavy atom. The second-order valence-corrected chi connectivity index (χ2v) is 5.03. The van der Waals surface area contributed by atoms with E-state index in [2.05, 4.69) is 5.32 Å². The van der Waals surface area contributed by atoms with Crippen molar-refractivity contribution in [1.82, 2.24) is 10.2 Å². The van der Waals surface area contributed by atoms with E-state index in [0.29, 0.717) is 10.5 Å². The maximum Gasteiger partial charge on any atom is 0.406 e. The summed E-state index contributed by atoms with van der Waals surface area (Å²) in [5, 5.41) is 12.1. The van der Waals surface area contributed by atoms with Crippen molar-refractivity contribution in [2.45, 2.75) is 19.1 Å². The molecule has 9 heteroatoms. The minimum atomic E-state index is -4.50. The quantitative estimate of drug-likeness (QED) is 0.732. The van der Waals surface area contributed by atoms with Gasteiger partial charge in [-0.1, -0.05) is 12.1 Å². The number of benzene rings is 1. The molecule has 0 aliphatic carbocycles. The average molecular weight is 348 g/mol. The molecule has 0 radical (unpaired) electrons. The molecule has 0 bridgehead atoms. The molecule has 1 rings (SSSR count). The van der Waals surface area contributed by atoms with Gasteiger partial charge >= 0.3 is 12.1 Å². The van der Waals surface area contributed by atoms with E-state index in [1.165, 1.54) is 24.3 Å². The van der Waals surface area contributed by atoms with Gasteiger partial charge in [-0.05, 0) is 24.6 Å². The number of hydrogen-bond donors (Lipinski definition) is 2. The lowest BCUT2D eigenvalue weighted by atomic mass is 10.1. The molecule has 2 N–H and O–H groups in total. The smallest absolute Gasteiger partial charge is 0.406 e. The first-order chi connectivity index (χ1) is 11.1. The lowest BCUT2D eigenvalue weighted by Crippen LogP contribution is -2.43. The van der Waals surface area contributed by atoms with Gasteiger partial charge in [-0.15, -0.1) is 0 Å². The monoisotopic (exact) mass is 348 g/mol. The van der Waals surface area contributed by atoms with Gasteiger partial charge in [0, 0.05) is 7.05 Å². The average Bonchev–Trinajstić information content (AvgIpc) is 2.45. The van der Waals surface area contributed by atoms with E-state index in [9.17, 15) is 27.9 Å². The van der Waals surface area contributed by atoms with Gasteiger partial charge < -0.3 is 14.7 Å². The highest BCUT2D eigenvalue weighted by Crippen LogP contribution is 2.20. The van der Waals surface area contributed by atoms with E-state index in [1.807, 2.05) is 0 Å². The number of halogens is 3. The van der Waals surface area contributed by atoms with Crippen LogP contribution in [0, 0.1) is 0 Å². The molecule has 1 aromatic rings. The van der Waals surface area contributed by atoms with Crippen LogP contribution in [-0.4, -0.2) is 54.8 Å². The maximum atomic E-state index is 12.3. The number of carbonyl (C=O) groups excluding carboxylic acids is 2. The fourth-order valence-electron chi connectivity index (χ4n) is 1.95. The molecule has 6 nitrogen and oxygen atoms in total. The van der Waals surface area contributed by atoms with Crippen LogP contribution in [0.3, 0.4) is 0 Å². The molecule has 0 fully saturated rings. The normalized spacial score (nSPS) is 12.5. The van der Waals surface area contributed by atoms with E-state index in [0.717, 1.165) is 7.05 Å². The number of phenolic OH excluding ortho intramolecular Hbond substituents is 1. The maximum absolute atomic E-state index is 12.3. The summed E-state index contributed by atoms with van der Waals surface area (Å²) in [6.45, 7) is -0.188. The van der Waals surface area contributed by atoms with Crippen molar-refractivity contribution in [1.29, 1.82) is 0 Å². The van der Waals surface area contributed by atoms with Crippen molar-refractivity contribution in [3.8, 4) is 5.75 Å². The molecular formula is C15H19F3N2O4. The van der Waals surface area contributed by atoms with Crippen LogP contribution in [0.2, 0.25) is 0 Å². The molecule has 1 aromatic carbocycles. The summed E-state index contributed by atoms with van der Waals surface area (Å²) in [6.07, 6.45) is -4.50. The zero-order valence-electron chi connectivity index (χ0n) is 13.3. The van der Waals surface area contributed by atoms with Crippen LogP contribution in [0.5, 0.6) is 5.75 Å². The van der Waals surface area contributed by atoms with Crippen molar-refractivity contribution in [2.75, 3.05) is 26.7 Å². The predicted molar refractivity (Wildman–Crippen MR) is 79.2 cm³/mol. The fraction of sp³-hybridized carbons (Fsp3) is 0.467. The van der Waals surface area contributed by atoms with Crippen LogP contribution < -0.4 is 5.32 Å². The van der Waals surface area contributed by atoms with E-state index < -0.39 is 37.2 Å². The number of phenols is 1. The highest BCUT2D eigenvalue weighted by Gasteiger charge is 2.31. The summed E-state index contributed by atoms with van der Waals surface area (Å²) in [5.74, 6) is -1.62. The highest BCUT2D eigenvalue weighted by molar-refractivity contribution is 5.81. The second kappa shape index (κ2) is 8.53. The van der Waals surface area contributed by atoms with Gasteiger partial charge in [0.05, 0.1) is 13.2 Å². The molecule has 0 aliphatic rings. The molecule has 0 aliphatic heterocycles. The van der Waals surface area contributed by atoms with Crippen LogP contribution in [0.25, 0.3) is 0 Å². The number of alkyl halides is 3. The van der Waals surface area contributed by atoms with E-state index >= 15 is 0 Å². The van der Waals surface area contributed by atoms with Gasteiger partial charge in [0.15, 0.2) is 0 Å². The Hall–Kier alpha value is -2.29. The molecule has 0 saturated carbocycles. The second-order valence-electron chi connectivity index (χ2n) is 5.03. The van der Waals surface area contributed by atoms with Crippen molar-refractivity contribution in [2.24, 2.45) is 0 Å². The number of ether oxygens (including phenoxy) is 1. The third kappa shape index (κ3) is 6.45.